The second-order valence-electron chi connectivity index (χ2n) is 2.89. The Hall–Kier alpha value is -0.490. The molecule has 0 spiro atoms. The van der Waals surface area contributed by atoms with Crippen molar-refractivity contribution in [3.05, 3.63) is 29.0 Å². The number of hydrogen-bond acceptors (Lipinski definition) is 1. The van der Waals surface area contributed by atoms with E-state index in [9.17, 15) is 17.6 Å². The molecule has 0 aliphatic rings. The summed E-state index contributed by atoms with van der Waals surface area (Å²) in [4.78, 5) is -1.79. The summed E-state index contributed by atoms with van der Waals surface area (Å²) in [7, 11) is 0. The first-order valence-corrected chi connectivity index (χ1v) is 5.38. The van der Waals surface area contributed by atoms with Gasteiger partial charge in [0.1, 0.15) is 23.0 Å². The standard InChI is InChI=1S/C9H6BrClF4O/c10-8(9(13,14)15)4-16-7-2-1-5(12)3-6(7)11/h1-3,8H,4H2. The molecule has 0 aromatic heterocycles. The molecule has 0 saturated heterocycles. The smallest absolute Gasteiger partial charge is 0.404 e. The van der Waals surface area contributed by atoms with E-state index in [-0.39, 0.29) is 10.8 Å². The zero-order valence-corrected chi connectivity index (χ0v) is 10.0. The Morgan fingerprint density at radius 1 is 1.38 bits per heavy atom. The Labute approximate surface area is 102 Å². The van der Waals surface area contributed by atoms with Crippen LogP contribution in [0.1, 0.15) is 0 Å². The highest BCUT2D eigenvalue weighted by molar-refractivity contribution is 9.09. The molecule has 0 saturated carbocycles. The van der Waals surface area contributed by atoms with Gasteiger partial charge in [-0.3, -0.25) is 0 Å². The van der Waals surface area contributed by atoms with Crippen molar-refractivity contribution in [3.8, 4) is 5.75 Å². The zero-order valence-electron chi connectivity index (χ0n) is 7.69. The summed E-state index contributed by atoms with van der Waals surface area (Å²) in [5.74, 6) is -0.569. The number of rotatable bonds is 3. The highest BCUT2D eigenvalue weighted by atomic mass is 79.9. The summed E-state index contributed by atoms with van der Waals surface area (Å²) in [5.41, 5.74) is 0. The summed E-state index contributed by atoms with van der Waals surface area (Å²) in [6.07, 6.45) is -4.40. The lowest BCUT2D eigenvalue weighted by Crippen LogP contribution is -2.28. The average Bonchev–Trinajstić information content (AvgIpc) is 2.14. The predicted molar refractivity (Wildman–Crippen MR) is 55.7 cm³/mol. The van der Waals surface area contributed by atoms with Crippen molar-refractivity contribution < 1.29 is 22.3 Å². The average molecular weight is 321 g/mol. The molecule has 1 aromatic carbocycles. The van der Waals surface area contributed by atoms with E-state index < -0.39 is 23.4 Å². The Morgan fingerprint density at radius 3 is 2.50 bits per heavy atom. The first kappa shape index (κ1) is 13.6. The second kappa shape index (κ2) is 5.23. The lowest BCUT2D eigenvalue weighted by Gasteiger charge is -2.15. The maximum absolute atomic E-state index is 12.6. The number of halogens is 6. The highest BCUT2D eigenvalue weighted by Crippen LogP contribution is 2.29. The number of benzene rings is 1. The van der Waals surface area contributed by atoms with E-state index in [1.807, 2.05) is 0 Å². The largest absolute Gasteiger partial charge is 0.490 e. The molecule has 0 amide bonds. The molecule has 16 heavy (non-hydrogen) atoms. The van der Waals surface area contributed by atoms with Crippen molar-refractivity contribution in [1.29, 1.82) is 0 Å². The predicted octanol–water partition coefficient (Wildman–Crippen LogP) is 4.18. The minimum atomic E-state index is -4.40. The molecule has 1 nitrogen and oxygen atoms in total. The maximum Gasteiger partial charge on any atom is 0.404 e. The van der Waals surface area contributed by atoms with Crippen molar-refractivity contribution in [1.82, 2.24) is 0 Å². The molecule has 0 aliphatic carbocycles. The van der Waals surface area contributed by atoms with Gasteiger partial charge in [0.25, 0.3) is 0 Å². The van der Waals surface area contributed by atoms with Crippen molar-refractivity contribution in [2.24, 2.45) is 0 Å². The Balaban J connectivity index is 2.62. The quantitative estimate of drug-likeness (QED) is 0.599. The lowest BCUT2D eigenvalue weighted by atomic mass is 10.3. The third kappa shape index (κ3) is 3.83. The fraction of sp³-hybridized carbons (Fsp3) is 0.333. The van der Waals surface area contributed by atoms with Gasteiger partial charge in [-0.15, -0.1) is 0 Å². The van der Waals surface area contributed by atoms with Gasteiger partial charge in [0.15, 0.2) is 0 Å². The van der Waals surface area contributed by atoms with Crippen LogP contribution in [0.15, 0.2) is 18.2 Å². The van der Waals surface area contributed by atoms with E-state index in [1.165, 1.54) is 6.07 Å². The fourth-order valence-corrected chi connectivity index (χ4v) is 1.20. The number of alkyl halides is 4. The van der Waals surface area contributed by atoms with E-state index >= 15 is 0 Å². The topological polar surface area (TPSA) is 9.23 Å². The van der Waals surface area contributed by atoms with Gasteiger partial charge < -0.3 is 4.74 Å². The molecule has 1 rings (SSSR count). The maximum atomic E-state index is 12.6. The van der Waals surface area contributed by atoms with Crippen LogP contribution >= 0.6 is 27.5 Å². The van der Waals surface area contributed by atoms with Crippen LogP contribution in [0.25, 0.3) is 0 Å². The van der Waals surface area contributed by atoms with Gasteiger partial charge in [-0.2, -0.15) is 13.2 Å². The van der Waals surface area contributed by atoms with Crippen molar-refractivity contribution in [3.63, 3.8) is 0 Å². The van der Waals surface area contributed by atoms with Crippen molar-refractivity contribution >= 4 is 27.5 Å². The molecule has 0 aliphatic heterocycles. The van der Waals surface area contributed by atoms with Crippen LogP contribution in [0, 0.1) is 5.82 Å². The van der Waals surface area contributed by atoms with E-state index in [0.717, 1.165) is 12.1 Å². The number of hydrogen-bond donors (Lipinski definition) is 0. The highest BCUT2D eigenvalue weighted by Gasteiger charge is 2.38. The Bertz CT molecular complexity index is 369. The minimum absolute atomic E-state index is 0.0109. The van der Waals surface area contributed by atoms with Crippen LogP contribution in [-0.4, -0.2) is 17.6 Å². The number of ether oxygens (including phenoxy) is 1. The molecule has 0 bridgehead atoms. The Kier molecular flexibility index (Phi) is 4.43. The van der Waals surface area contributed by atoms with Crippen LogP contribution in [0.4, 0.5) is 17.6 Å². The molecule has 1 atom stereocenters. The second-order valence-corrected chi connectivity index (χ2v) is 4.41. The summed E-state index contributed by atoms with van der Waals surface area (Å²) in [5, 5.41) is -0.0677. The molecule has 0 radical (unpaired) electrons. The van der Waals surface area contributed by atoms with Crippen molar-refractivity contribution in [2.45, 2.75) is 11.0 Å². The fourth-order valence-electron chi connectivity index (χ4n) is 0.850. The van der Waals surface area contributed by atoms with Gasteiger partial charge in [-0.1, -0.05) is 27.5 Å². The van der Waals surface area contributed by atoms with Gasteiger partial charge in [0.05, 0.1) is 5.02 Å². The molecular formula is C9H6BrClF4O. The third-order valence-corrected chi connectivity index (χ3v) is 2.71. The van der Waals surface area contributed by atoms with Gasteiger partial charge in [-0.25, -0.2) is 4.39 Å². The van der Waals surface area contributed by atoms with Crippen LogP contribution in [0.3, 0.4) is 0 Å². The van der Waals surface area contributed by atoms with E-state index in [1.54, 1.807) is 0 Å². The molecule has 1 aromatic rings. The first-order chi connectivity index (χ1) is 7.30. The summed E-state index contributed by atoms with van der Waals surface area (Å²) in [6.45, 7) is -0.630. The van der Waals surface area contributed by atoms with Crippen LogP contribution in [-0.2, 0) is 0 Å². The molecule has 90 valence electrons. The van der Waals surface area contributed by atoms with E-state index in [0.29, 0.717) is 0 Å². The normalized spacial score (nSPS) is 13.6. The summed E-state index contributed by atoms with van der Waals surface area (Å²) >= 11 is 7.99. The lowest BCUT2D eigenvalue weighted by molar-refractivity contribution is -0.132. The molecule has 1 unspecified atom stereocenters. The van der Waals surface area contributed by atoms with Gasteiger partial charge in [-0.05, 0) is 18.2 Å². The summed E-state index contributed by atoms with van der Waals surface area (Å²) < 4.78 is 53.7. The first-order valence-electron chi connectivity index (χ1n) is 4.09. The van der Waals surface area contributed by atoms with Gasteiger partial charge >= 0.3 is 6.18 Å². The van der Waals surface area contributed by atoms with Crippen LogP contribution in [0.5, 0.6) is 5.75 Å². The van der Waals surface area contributed by atoms with Crippen LogP contribution < -0.4 is 4.74 Å². The van der Waals surface area contributed by atoms with Crippen molar-refractivity contribution in [2.75, 3.05) is 6.61 Å². The molecule has 0 N–H and O–H groups in total. The summed E-state index contributed by atoms with van der Waals surface area (Å²) in [6, 6.07) is 3.19. The van der Waals surface area contributed by atoms with Gasteiger partial charge in [0.2, 0.25) is 0 Å². The molecule has 7 heteroatoms. The minimum Gasteiger partial charge on any atom is -0.490 e. The van der Waals surface area contributed by atoms with E-state index in [2.05, 4.69) is 15.9 Å². The monoisotopic (exact) mass is 320 g/mol. The third-order valence-electron chi connectivity index (χ3n) is 1.63. The molecule has 0 heterocycles. The zero-order chi connectivity index (χ0) is 12.3. The van der Waals surface area contributed by atoms with Gasteiger partial charge in [0, 0.05) is 0 Å². The molecule has 0 fully saturated rings. The molecular weight excluding hydrogens is 315 g/mol. The van der Waals surface area contributed by atoms with Crippen LogP contribution in [0.2, 0.25) is 5.02 Å². The Morgan fingerprint density at radius 2 is 2.00 bits per heavy atom. The SMILES string of the molecule is Fc1ccc(OCC(Br)C(F)(F)F)c(Cl)c1. The van der Waals surface area contributed by atoms with E-state index in [4.69, 9.17) is 16.3 Å².